The number of rotatable bonds is 7. The van der Waals surface area contributed by atoms with Crippen molar-refractivity contribution in [1.29, 1.82) is 0 Å². The molecule has 0 saturated heterocycles. The lowest BCUT2D eigenvalue weighted by Gasteiger charge is -2.21. The van der Waals surface area contributed by atoms with Gasteiger partial charge in [-0.1, -0.05) is 30.9 Å². The van der Waals surface area contributed by atoms with Crippen LogP contribution in [-0.4, -0.2) is 38.7 Å². The van der Waals surface area contributed by atoms with Crippen LogP contribution in [0.1, 0.15) is 56.7 Å². The number of aryl methyl sites for hydroxylation is 1. The molecular weight excluding hydrogens is 270 g/mol. The number of amides is 1. The summed E-state index contributed by atoms with van der Waals surface area (Å²) in [4.78, 5) is 11.7. The first kappa shape index (κ1) is 15.9. The Bertz CT molecular complexity index is 440. The molecule has 2 rings (SSSR count). The average molecular weight is 295 g/mol. The third-order valence-corrected chi connectivity index (χ3v) is 3.94. The number of aliphatic hydroxyl groups excluding tert-OH is 1. The molecule has 1 aromatic heterocycles. The van der Waals surface area contributed by atoms with Crippen LogP contribution >= 0.6 is 0 Å². The monoisotopic (exact) mass is 295 g/mol. The third-order valence-electron chi connectivity index (χ3n) is 3.94. The number of primary amides is 1. The normalized spacial score (nSPS) is 18.3. The fraction of sp³-hybridized carbons (Fsp3) is 0.786. The van der Waals surface area contributed by atoms with Crippen LogP contribution in [0.2, 0.25) is 0 Å². The van der Waals surface area contributed by atoms with E-state index in [1.807, 2.05) is 0 Å². The molecule has 7 heteroatoms. The van der Waals surface area contributed by atoms with Crippen molar-refractivity contribution in [3.63, 3.8) is 0 Å². The minimum atomic E-state index is -0.587. The molecule has 0 aliphatic heterocycles. The maximum Gasteiger partial charge on any atom is 0.240 e. The Morgan fingerprint density at radius 1 is 1.43 bits per heavy atom. The molecule has 1 fully saturated rings. The van der Waals surface area contributed by atoms with Crippen LogP contribution in [-0.2, 0) is 11.3 Å². The van der Waals surface area contributed by atoms with Gasteiger partial charge in [-0.25, -0.2) is 0 Å². The van der Waals surface area contributed by atoms with Gasteiger partial charge in [0.15, 0.2) is 0 Å². The molecule has 4 N–H and O–H groups in total. The Labute approximate surface area is 124 Å². The molecule has 21 heavy (non-hydrogen) atoms. The standard InChI is InChI=1S/C14H25N5O2/c15-14(21)13(16-11-6-3-1-2-4-7-11)12-10-19(18-17-12)8-5-9-20/h10-11,13,16,20H,1-9H2,(H2,15,21). The predicted octanol–water partition coefficient (Wildman–Crippen LogP) is 0.499. The smallest absolute Gasteiger partial charge is 0.240 e. The fourth-order valence-electron chi connectivity index (χ4n) is 2.78. The van der Waals surface area contributed by atoms with Crippen molar-refractivity contribution in [3.8, 4) is 0 Å². The summed E-state index contributed by atoms with van der Waals surface area (Å²) in [5.41, 5.74) is 6.08. The van der Waals surface area contributed by atoms with Gasteiger partial charge in [0.1, 0.15) is 11.7 Å². The highest BCUT2D eigenvalue weighted by molar-refractivity contribution is 5.80. The Kier molecular flexibility index (Phi) is 6.13. The van der Waals surface area contributed by atoms with Crippen LogP contribution in [0.25, 0.3) is 0 Å². The summed E-state index contributed by atoms with van der Waals surface area (Å²) < 4.78 is 1.64. The first-order valence-electron chi connectivity index (χ1n) is 7.77. The van der Waals surface area contributed by atoms with Crippen molar-refractivity contribution in [1.82, 2.24) is 20.3 Å². The molecular formula is C14H25N5O2. The summed E-state index contributed by atoms with van der Waals surface area (Å²) in [6.07, 6.45) is 9.38. The number of nitrogens with one attached hydrogen (secondary N) is 1. The van der Waals surface area contributed by atoms with E-state index in [4.69, 9.17) is 10.8 Å². The van der Waals surface area contributed by atoms with Gasteiger partial charge < -0.3 is 10.8 Å². The maximum absolute atomic E-state index is 11.7. The molecule has 7 nitrogen and oxygen atoms in total. The SMILES string of the molecule is NC(=O)C(NC1CCCCCC1)c1cn(CCCO)nn1. The van der Waals surface area contributed by atoms with Crippen LogP contribution < -0.4 is 11.1 Å². The fourth-order valence-corrected chi connectivity index (χ4v) is 2.78. The number of carbonyl (C=O) groups is 1. The Morgan fingerprint density at radius 2 is 2.14 bits per heavy atom. The molecule has 1 heterocycles. The van der Waals surface area contributed by atoms with Gasteiger partial charge in [-0.15, -0.1) is 5.10 Å². The highest BCUT2D eigenvalue weighted by Gasteiger charge is 2.25. The second-order valence-electron chi connectivity index (χ2n) is 5.67. The topological polar surface area (TPSA) is 106 Å². The quantitative estimate of drug-likeness (QED) is 0.635. The summed E-state index contributed by atoms with van der Waals surface area (Å²) >= 11 is 0. The van der Waals surface area contributed by atoms with E-state index < -0.39 is 11.9 Å². The third kappa shape index (κ3) is 4.78. The summed E-state index contributed by atoms with van der Waals surface area (Å²) in [5, 5.41) is 20.2. The van der Waals surface area contributed by atoms with Gasteiger partial charge in [-0.2, -0.15) is 0 Å². The van der Waals surface area contributed by atoms with E-state index in [-0.39, 0.29) is 6.61 Å². The van der Waals surface area contributed by atoms with Gasteiger partial charge in [0, 0.05) is 19.2 Å². The highest BCUT2D eigenvalue weighted by atomic mass is 16.3. The summed E-state index contributed by atoms with van der Waals surface area (Å²) in [6.45, 7) is 0.688. The number of nitrogens with zero attached hydrogens (tertiary/aromatic N) is 3. The van der Waals surface area contributed by atoms with E-state index >= 15 is 0 Å². The molecule has 1 aromatic rings. The number of hydrogen-bond donors (Lipinski definition) is 3. The number of aliphatic hydroxyl groups is 1. The van der Waals surface area contributed by atoms with Crippen molar-refractivity contribution >= 4 is 5.91 Å². The van der Waals surface area contributed by atoms with Gasteiger partial charge in [0.25, 0.3) is 0 Å². The van der Waals surface area contributed by atoms with Crippen molar-refractivity contribution in [2.75, 3.05) is 6.61 Å². The van der Waals surface area contributed by atoms with Gasteiger partial charge in [0.05, 0.1) is 6.20 Å². The first-order chi connectivity index (χ1) is 10.2. The summed E-state index contributed by atoms with van der Waals surface area (Å²) in [5.74, 6) is -0.423. The van der Waals surface area contributed by atoms with E-state index in [0.717, 1.165) is 12.8 Å². The van der Waals surface area contributed by atoms with E-state index in [0.29, 0.717) is 24.7 Å². The van der Waals surface area contributed by atoms with Crippen LogP contribution in [0, 0.1) is 0 Å². The lowest BCUT2D eigenvalue weighted by Crippen LogP contribution is -2.40. The van der Waals surface area contributed by atoms with Crippen molar-refractivity contribution in [2.45, 2.75) is 63.6 Å². The number of aromatic nitrogens is 3. The number of hydrogen-bond acceptors (Lipinski definition) is 5. The molecule has 0 bridgehead atoms. The van der Waals surface area contributed by atoms with Gasteiger partial charge in [-0.3, -0.25) is 14.8 Å². The lowest BCUT2D eigenvalue weighted by atomic mass is 10.1. The maximum atomic E-state index is 11.7. The minimum Gasteiger partial charge on any atom is -0.396 e. The minimum absolute atomic E-state index is 0.106. The Hall–Kier alpha value is -1.47. The van der Waals surface area contributed by atoms with Crippen molar-refractivity contribution in [3.05, 3.63) is 11.9 Å². The van der Waals surface area contributed by atoms with Crippen LogP contribution in [0.15, 0.2) is 6.20 Å². The van der Waals surface area contributed by atoms with E-state index in [1.165, 1.54) is 25.7 Å². The van der Waals surface area contributed by atoms with Crippen molar-refractivity contribution < 1.29 is 9.90 Å². The molecule has 1 aliphatic carbocycles. The highest BCUT2D eigenvalue weighted by Crippen LogP contribution is 2.20. The number of carbonyl (C=O) groups excluding carboxylic acids is 1. The molecule has 118 valence electrons. The molecule has 1 saturated carbocycles. The Balaban J connectivity index is 2.00. The van der Waals surface area contributed by atoms with Gasteiger partial charge >= 0.3 is 0 Å². The number of nitrogens with two attached hydrogens (primary N) is 1. The second kappa shape index (κ2) is 8.09. The van der Waals surface area contributed by atoms with Gasteiger partial charge in [-0.05, 0) is 19.3 Å². The zero-order chi connectivity index (χ0) is 15.1. The molecule has 1 amide bonds. The molecule has 1 unspecified atom stereocenters. The van der Waals surface area contributed by atoms with Crippen LogP contribution in [0.5, 0.6) is 0 Å². The van der Waals surface area contributed by atoms with Gasteiger partial charge in [0.2, 0.25) is 5.91 Å². The molecule has 0 spiro atoms. The average Bonchev–Trinajstić information content (AvgIpc) is 2.77. The second-order valence-corrected chi connectivity index (χ2v) is 5.67. The van der Waals surface area contributed by atoms with E-state index in [9.17, 15) is 4.79 Å². The van der Waals surface area contributed by atoms with E-state index in [2.05, 4.69) is 15.6 Å². The molecule has 0 radical (unpaired) electrons. The molecule has 1 aliphatic rings. The van der Waals surface area contributed by atoms with E-state index in [1.54, 1.807) is 10.9 Å². The van der Waals surface area contributed by atoms with Crippen molar-refractivity contribution in [2.24, 2.45) is 5.73 Å². The first-order valence-corrected chi connectivity index (χ1v) is 7.77. The summed E-state index contributed by atoms with van der Waals surface area (Å²) in [6, 6.07) is -0.274. The predicted molar refractivity (Wildman–Crippen MR) is 78.3 cm³/mol. The molecule has 0 aromatic carbocycles. The van der Waals surface area contributed by atoms with Crippen LogP contribution in [0.4, 0.5) is 0 Å². The Morgan fingerprint density at radius 3 is 2.76 bits per heavy atom. The lowest BCUT2D eigenvalue weighted by molar-refractivity contribution is -0.120. The molecule has 1 atom stereocenters. The zero-order valence-corrected chi connectivity index (χ0v) is 12.4. The largest absolute Gasteiger partial charge is 0.396 e. The zero-order valence-electron chi connectivity index (χ0n) is 12.4. The summed E-state index contributed by atoms with van der Waals surface area (Å²) in [7, 11) is 0. The van der Waals surface area contributed by atoms with Crippen LogP contribution in [0.3, 0.4) is 0 Å².